The van der Waals surface area contributed by atoms with Crippen LogP contribution in [0.4, 0.5) is 0 Å². The van der Waals surface area contributed by atoms with E-state index in [9.17, 15) is 0 Å². The summed E-state index contributed by atoms with van der Waals surface area (Å²) in [5.74, 6) is 0. The van der Waals surface area contributed by atoms with Gasteiger partial charge in [0.05, 0.1) is 18.5 Å². The Kier molecular flexibility index (Phi) is 3.17. The molecule has 1 N–H and O–H groups in total. The van der Waals surface area contributed by atoms with E-state index in [1.165, 1.54) is 0 Å². The van der Waals surface area contributed by atoms with Crippen molar-refractivity contribution in [3.8, 4) is 0 Å². The van der Waals surface area contributed by atoms with Crippen molar-refractivity contribution in [3.63, 3.8) is 0 Å². The van der Waals surface area contributed by atoms with Gasteiger partial charge in [-0.3, -0.25) is 0 Å². The highest BCUT2D eigenvalue weighted by Gasteiger charge is 2.07. The summed E-state index contributed by atoms with van der Waals surface area (Å²) in [7, 11) is 1.92. The van der Waals surface area contributed by atoms with Crippen LogP contribution in [-0.4, -0.2) is 19.9 Å². The first kappa shape index (κ1) is 9.61. The molecule has 12 heavy (non-hydrogen) atoms. The lowest BCUT2D eigenvalue weighted by atomic mass is 10.5. The zero-order chi connectivity index (χ0) is 9.14. The van der Waals surface area contributed by atoms with E-state index in [2.05, 4.69) is 18.8 Å². The molecule has 1 rings (SSSR count). The molecule has 0 fully saturated rings. The van der Waals surface area contributed by atoms with Crippen molar-refractivity contribution in [1.29, 1.82) is 0 Å². The third-order valence-electron chi connectivity index (χ3n) is 1.54. The highest BCUT2D eigenvalue weighted by atomic mass is 32.2. The predicted molar refractivity (Wildman–Crippen MR) is 50.1 cm³/mol. The van der Waals surface area contributed by atoms with E-state index < -0.39 is 0 Å². The lowest BCUT2D eigenvalue weighted by Gasteiger charge is -2.05. The van der Waals surface area contributed by atoms with Gasteiger partial charge in [0.25, 0.3) is 0 Å². The highest BCUT2D eigenvalue weighted by molar-refractivity contribution is 7.99. The Morgan fingerprint density at radius 1 is 1.67 bits per heavy atom. The normalized spacial score (nSPS) is 11.1. The van der Waals surface area contributed by atoms with Crippen LogP contribution in [0.1, 0.15) is 19.5 Å². The van der Waals surface area contributed by atoms with E-state index in [1.54, 1.807) is 18.0 Å². The molecule has 0 unspecified atom stereocenters. The Hall–Kier alpha value is -0.480. The maximum Gasteiger partial charge on any atom is 0.168 e. The zero-order valence-corrected chi connectivity index (χ0v) is 8.43. The van der Waals surface area contributed by atoms with Gasteiger partial charge in [-0.25, -0.2) is 4.98 Å². The Balaban J connectivity index is 2.80. The summed E-state index contributed by atoms with van der Waals surface area (Å²) in [6, 6.07) is 0. The molecule has 0 atom stereocenters. The molecule has 0 amide bonds. The average Bonchev–Trinajstić information content (AvgIpc) is 2.32. The summed E-state index contributed by atoms with van der Waals surface area (Å²) in [5.41, 5.74) is 0.859. The topological polar surface area (TPSA) is 38.1 Å². The number of thioether (sulfide) groups is 1. The van der Waals surface area contributed by atoms with Crippen molar-refractivity contribution in [1.82, 2.24) is 9.55 Å². The van der Waals surface area contributed by atoms with Gasteiger partial charge in [0.1, 0.15) is 0 Å². The first-order chi connectivity index (χ1) is 5.65. The van der Waals surface area contributed by atoms with Crippen LogP contribution in [0, 0.1) is 0 Å². The second kappa shape index (κ2) is 3.96. The Morgan fingerprint density at radius 2 is 2.33 bits per heavy atom. The molecule has 0 bridgehead atoms. The Labute approximate surface area is 76.8 Å². The van der Waals surface area contributed by atoms with Crippen LogP contribution in [0.15, 0.2) is 11.4 Å². The summed E-state index contributed by atoms with van der Waals surface area (Å²) in [6.07, 6.45) is 1.71. The molecular weight excluding hydrogens is 172 g/mol. The van der Waals surface area contributed by atoms with Crippen molar-refractivity contribution < 1.29 is 5.11 Å². The molecule has 0 saturated carbocycles. The van der Waals surface area contributed by atoms with Crippen LogP contribution in [-0.2, 0) is 13.7 Å². The number of hydrogen-bond acceptors (Lipinski definition) is 3. The number of nitrogens with zero attached hydrogens (tertiary/aromatic N) is 2. The minimum atomic E-state index is 0.0577. The molecule has 68 valence electrons. The second-order valence-corrected chi connectivity index (χ2v) is 4.46. The molecule has 1 heterocycles. The van der Waals surface area contributed by atoms with Crippen molar-refractivity contribution in [3.05, 3.63) is 11.9 Å². The van der Waals surface area contributed by atoms with Crippen LogP contribution in [0.2, 0.25) is 0 Å². The fourth-order valence-corrected chi connectivity index (χ4v) is 1.70. The molecule has 4 heteroatoms. The van der Waals surface area contributed by atoms with Crippen LogP contribution in [0.3, 0.4) is 0 Å². The summed E-state index contributed by atoms with van der Waals surface area (Å²) >= 11 is 1.70. The quantitative estimate of drug-likeness (QED) is 0.725. The maximum absolute atomic E-state index is 8.90. The molecule has 0 aliphatic carbocycles. The molecule has 3 nitrogen and oxygen atoms in total. The minimum absolute atomic E-state index is 0.0577. The number of aromatic nitrogens is 2. The van der Waals surface area contributed by atoms with Gasteiger partial charge in [-0.1, -0.05) is 25.6 Å². The van der Waals surface area contributed by atoms with Gasteiger partial charge in [0, 0.05) is 12.3 Å². The largest absolute Gasteiger partial charge is 0.390 e. The first-order valence-corrected chi connectivity index (χ1v) is 4.81. The smallest absolute Gasteiger partial charge is 0.168 e. The third kappa shape index (κ3) is 2.01. The van der Waals surface area contributed by atoms with Crippen LogP contribution in [0.25, 0.3) is 0 Å². The Bertz CT molecular complexity index is 258. The van der Waals surface area contributed by atoms with Crippen molar-refractivity contribution in [2.45, 2.75) is 30.9 Å². The van der Waals surface area contributed by atoms with E-state index in [4.69, 9.17) is 5.11 Å². The lowest BCUT2D eigenvalue weighted by molar-refractivity contribution is 0.271. The molecule has 0 radical (unpaired) electrons. The van der Waals surface area contributed by atoms with Gasteiger partial charge >= 0.3 is 0 Å². The lowest BCUT2D eigenvalue weighted by Crippen LogP contribution is -1.99. The molecule has 0 saturated heterocycles. The average molecular weight is 186 g/mol. The summed E-state index contributed by atoms with van der Waals surface area (Å²) < 4.78 is 1.92. The molecule has 0 aliphatic heterocycles. The SMILES string of the molecule is CC(C)Sc1ncc(CO)n1C. The first-order valence-electron chi connectivity index (χ1n) is 3.93. The van der Waals surface area contributed by atoms with Crippen LogP contribution < -0.4 is 0 Å². The summed E-state index contributed by atoms with van der Waals surface area (Å²) in [6.45, 7) is 4.30. The predicted octanol–water partition coefficient (Wildman–Crippen LogP) is 1.41. The summed E-state index contributed by atoms with van der Waals surface area (Å²) in [4.78, 5) is 4.19. The van der Waals surface area contributed by atoms with E-state index >= 15 is 0 Å². The maximum atomic E-state index is 8.90. The van der Waals surface area contributed by atoms with E-state index in [-0.39, 0.29) is 6.61 Å². The second-order valence-electron chi connectivity index (χ2n) is 2.92. The molecular formula is C8H14N2OS. The number of hydrogen-bond donors (Lipinski definition) is 1. The number of aliphatic hydroxyl groups is 1. The van der Waals surface area contributed by atoms with E-state index in [1.807, 2.05) is 11.6 Å². The minimum Gasteiger partial charge on any atom is -0.390 e. The molecule has 0 spiro atoms. The van der Waals surface area contributed by atoms with Crippen LogP contribution >= 0.6 is 11.8 Å². The zero-order valence-electron chi connectivity index (χ0n) is 7.61. The molecule has 1 aromatic heterocycles. The fraction of sp³-hybridized carbons (Fsp3) is 0.625. The third-order valence-corrected chi connectivity index (χ3v) is 2.61. The van der Waals surface area contributed by atoms with Crippen molar-refractivity contribution in [2.24, 2.45) is 7.05 Å². The van der Waals surface area contributed by atoms with Gasteiger partial charge in [0.2, 0.25) is 0 Å². The number of aliphatic hydroxyl groups excluding tert-OH is 1. The van der Waals surface area contributed by atoms with E-state index in [0.717, 1.165) is 10.9 Å². The van der Waals surface area contributed by atoms with Gasteiger partial charge < -0.3 is 9.67 Å². The highest BCUT2D eigenvalue weighted by Crippen LogP contribution is 2.21. The van der Waals surface area contributed by atoms with Crippen LogP contribution in [0.5, 0.6) is 0 Å². The van der Waals surface area contributed by atoms with Crippen molar-refractivity contribution in [2.75, 3.05) is 0 Å². The van der Waals surface area contributed by atoms with Gasteiger partial charge in [-0.2, -0.15) is 0 Å². The Morgan fingerprint density at radius 3 is 2.75 bits per heavy atom. The molecule has 0 aliphatic rings. The molecule has 0 aromatic carbocycles. The fourth-order valence-electron chi connectivity index (χ4n) is 0.893. The van der Waals surface area contributed by atoms with Gasteiger partial charge in [-0.15, -0.1) is 0 Å². The van der Waals surface area contributed by atoms with Gasteiger partial charge in [-0.05, 0) is 0 Å². The van der Waals surface area contributed by atoms with Crippen molar-refractivity contribution >= 4 is 11.8 Å². The molecule has 1 aromatic rings. The summed E-state index contributed by atoms with van der Waals surface area (Å²) in [5, 5.41) is 10.4. The number of rotatable bonds is 3. The monoisotopic (exact) mass is 186 g/mol. The number of imidazole rings is 1. The van der Waals surface area contributed by atoms with Gasteiger partial charge in [0.15, 0.2) is 5.16 Å². The van der Waals surface area contributed by atoms with E-state index in [0.29, 0.717) is 5.25 Å². The standard InChI is InChI=1S/C8H14N2OS/c1-6(2)12-8-9-4-7(5-11)10(8)3/h4,6,11H,5H2,1-3H3.